The Hall–Kier alpha value is -0.0300. The summed E-state index contributed by atoms with van der Waals surface area (Å²) in [6.07, 6.45) is 7.94. The molecule has 0 aromatic heterocycles. The van der Waals surface area contributed by atoms with Gasteiger partial charge in [-0.15, -0.1) is 24.8 Å². The van der Waals surface area contributed by atoms with Crippen molar-refractivity contribution in [2.75, 3.05) is 27.2 Å². The van der Waals surface area contributed by atoms with Gasteiger partial charge in [0.25, 0.3) is 0 Å². The van der Waals surface area contributed by atoms with Crippen molar-refractivity contribution in [2.45, 2.75) is 62.9 Å². The van der Waals surface area contributed by atoms with Gasteiger partial charge in [-0.2, -0.15) is 0 Å². The molecule has 0 bridgehead atoms. The zero-order valence-corrected chi connectivity index (χ0v) is 15.2. The van der Waals surface area contributed by atoms with Gasteiger partial charge in [0.15, 0.2) is 0 Å². The summed E-state index contributed by atoms with van der Waals surface area (Å²) in [6.45, 7) is 3.87. The molecule has 2 N–H and O–H groups in total. The molecule has 4 nitrogen and oxygen atoms in total. The first-order valence-electron chi connectivity index (χ1n) is 7.75. The third-order valence-electron chi connectivity index (χ3n) is 5.34. The van der Waals surface area contributed by atoms with E-state index in [0.717, 1.165) is 32.4 Å². The molecule has 1 saturated heterocycles. The van der Waals surface area contributed by atoms with Crippen LogP contribution < -0.4 is 10.6 Å². The minimum Gasteiger partial charge on any atom is -0.353 e. The molecule has 126 valence electrons. The standard InChI is InChI=1S/C15H29N3O.2ClH/c1-4-15(10-7-11-17-15)13(19)16-12-14(18(2)3)8-5-6-9-14;;/h17H,4-12H2,1-3H3,(H,16,19);2*1H. The zero-order chi connectivity index (χ0) is 13.9. The number of rotatable bonds is 5. The predicted molar refractivity (Wildman–Crippen MR) is 92.7 cm³/mol. The predicted octanol–water partition coefficient (Wildman–Crippen LogP) is 2.35. The number of nitrogens with zero attached hydrogens (tertiary/aromatic N) is 1. The quantitative estimate of drug-likeness (QED) is 0.808. The summed E-state index contributed by atoms with van der Waals surface area (Å²) < 4.78 is 0. The van der Waals surface area contributed by atoms with Crippen LogP contribution in [0.3, 0.4) is 0 Å². The monoisotopic (exact) mass is 339 g/mol. The Kier molecular flexibility index (Phi) is 8.55. The van der Waals surface area contributed by atoms with Crippen LogP contribution in [0.15, 0.2) is 0 Å². The van der Waals surface area contributed by atoms with Crippen LogP contribution in [0.4, 0.5) is 0 Å². The Morgan fingerprint density at radius 3 is 2.19 bits per heavy atom. The minimum atomic E-state index is -0.299. The highest BCUT2D eigenvalue weighted by Gasteiger charge is 2.41. The summed E-state index contributed by atoms with van der Waals surface area (Å²) >= 11 is 0. The molecule has 2 fully saturated rings. The third-order valence-corrected chi connectivity index (χ3v) is 5.34. The van der Waals surface area contributed by atoms with E-state index in [4.69, 9.17) is 0 Å². The van der Waals surface area contributed by atoms with Crippen molar-refractivity contribution in [1.29, 1.82) is 0 Å². The van der Waals surface area contributed by atoms with Crippen molar-refractivity contribution in [3.8, 4) is 0 Å². The topological polar surface area (TPSA) is 44.4 Å². The van der Waals surface area contributed by atoms with E-state index < -0.39 is 0 Å². The van der Waals surface area contributed by atoms with Crippen molar-refractivity contribution in [3.63, 3.8) is 0 Å². The average molecular weight is 340 g/mol. The van der Waals surface area contributed by atoms with Gasteiger partial charge in [-0.3, -0.25) is 4.79 Å². The van der Waals surface area contributed by atoms with Crippen molar-refractivity contribution < 1.29 is 4.79 Å². The van der Waals surface area contributed by atoms with Gasteiger partial charge < -0.3 is 15.5 Å². The van der Waals surface area contributed by atoms with Gasteiger partial charge in [0, 0.05) is 12.1 Å². The highest BCUT2D eigenvalue weighted by Crippen LogP contribution is 2.33. The van der Waals surface area contributed by atoms with Gasteiger partial charge >= 0.3 is 0 Å². The largest absolute Gasteiger partial charge is 0.353 e. The number of carbonyl (C=O) groups is 1. The van der Waals surface area contributed by atoms with Crippen LogP contribution >= 0.6 is 24.8 Å². The summed E-state index contributed by atoms with van der Waals surface area (Å²) in [5, 5.41) is 6.65. The van der Waals surface area contributed by atoms with Gasteiger partial charge in [-0.05, 0) is 52.7 Å². The first-order valence-corrected chi connectivity index (χ1v) is 7.75. The molecule has 6 heteroatoms. The lowest BCUT2D eigenvalue weighted by Crippen LogP contribution is -2.58. The molecular formula is C15H31Cl2N3O. The number of halogens is 2. The first-order chi connectivity index (χ1) is 9.05. The summed E-state index contributed by atoms with van der Waals surface area (Å²) in [5.41, 5.74) is -0.116. The highest BCUT2D eigenvalue weighted by molar-refractivity contribution is 5.86. The lowest BCUT2D eigenvalue weighted by Gasteiger charge is -2.38. The normalized spacial score (nSPS) is 27.0. The molecule has 0 spiro atoms. The fourth-order valence-electron chi connectivity index (χ4n) is 3.69. The van der Waals surface area contributed by atoms with Crippen LogP contribution in [-0.4, -0.2) is 49.1 Å². The second-order valence-corrected chi connectivity index (χ2v) is 6.47. The minimum absolute atomic E-state index is 0. The van der Waals surface area contributed by atoms with Crippen molar-refractivity contribution in [2.24, 2.45) is 0 Å². The maximum Gasteiger partial charge on any atom is 0.240 e. The molecule has 2 rings (SSSR count). The van der Waals surface area contributed by atoms with Crippen LogP contribution in [0.2, 0.25) is 0 Å². The average Bonchev–Trinajstić information content (AvgIpc) is 3.06. The molecular weight excluding hydrogens is 309 g/mol. The van der Waals surface area contributed by atoms with Gasteiger partial charge in [0.1, 0.15) is 0 Å². The second kappa shape index (κ2) is 8.56. The number of hydrogen-bond acceptors (Lipinski definition) is 3. The molecule has 0 radical (unpaired) electrons. The van der Waals surface area contributed by atoms with Crippen molar-refractivity contribution >= 4 is 30.7 Å². The molecule has 1 atom stereocenters. The van der Waals surface area contributed by atoms with Crippen LogP contribution in [0.5, 0.6) is 0 Å². The van der Waals surface area contributed by atoms with Crippen molar-refractivity contribution in [1.82, 2.24) is 15.5 Å². The molecule has 1 aliphatic carbocycles. The van der Waals surface area contributed by atoms with Gasteiger partial charge in [-0.25, -0.2) is 0 Å². The fraction of sp³-hybridized carbons (Fsp3) is 0.933. The Morgan fingerprint density at radius 1 is 1.14 bits per heavy atom. The maximum atomic E-state index is 12.5. The Bertz CT molecular complexity index is 325. The number of amides is 1. The van der Waals surface area contributed by atoms with Gasteiger partial charge in [-0.1, -0.05) is 19.8 Å². The van der Waals surface area contributed by atoms with E-state index in [1.165, 1.54) is 25.7 Å². The molecule has 0 aromatic carbocycles. The Balaban J connectivity index is 0.00000200. The van der Waals surface area contributed by atoms with E-state index in [2.05, 4.69) is 36.6 Å². The molecule has 21 heavy (non-hydrogen) atoms. The molecule has 1 heterocycles. The van der Waals surface area contributed by atoms with E-state index in [9.17, 15) is 4.79 Å². The number of carbonyl (C=O) groups excluding carboxylic acids is 1. The van der Waals surface area contributed by atoms with E-state index in [1.807, 2.05) is 0 Å². The molecule has 0 aromatic rings. The Morgan fingerprint density at radius 2 is 1.76 bits per heavy atom. The summed E-state index contributed by atoms with van der Waals surface area (Å²) in [7, 11) is 4.28. The molecule has 1 unspecified atom stereocenters. The van der Waals surface area contributed by atoms with E-state index >= 15 is 0 Å². The van der Waals surface area contributed by atoms with E-state index in [0.29, 0.717) is 0 Å². The van der Waals surface area contributed by atoms with Crippen LogP contribution in [0, 0.1) is 0 Å². The summed E-state index contributed by atoms with van der Waals surface area (Å²) in [4.78, 5) is 14.8. The molecule has 1 aliphatic heterocycles. The third kappa shape index (κ3) is 4.25. The van der Waals surface area contributed by atoms with Crippen LogP contribution in [0.1, 0.15) is 51.9 Å². The first kappa shape index (κ1) is 21.0. The van der Waals surface area contributed by atoms with Crippen LogP contribution in [-0.2, 0) is 4.79 Å². The van der Waals surface area contributed by atoms with Gasteiger partial charge in [0.2, 0.25) is 5.91 Å². The lowest BCUT2D eigenvalue weighted by atomic mass is 9.91. The van der Waals surface area contributed by atoms with E-state index in [1.54, 1.807) is 0 Å². The van der Waals surface area contributed by atoms with Gasteiger partial charge in [0.05, 0.1) is 5.54 Å². The summed E-state index contributed by atoms with van der Waals surface area (Å²) in [6, 6.07) is 0. The molecule has 1 amide bonds. The fourth-order valence-corrected chi connectivity index (χ4v) is 3.69. The van der Waals surface area contributed by atoms with Crippen molar-refractivity contribution in [3.05, 3.63) is 0 Å². The number of hydrogen-bond donors (Lipinski definition) is 2. The second-order valence-electron chi connectivity index (χ2n) is 6.47. The SMILES string of the molecule is CCC1(C(=O)NCC2(N(C)C)CCCC2)CCCN1.Cl.Cl. The lowest BCUT2D eigenvalue weighted by molar-refractivity contribution is -0.127. The maximum absolute atomic E-state index is 12.5. The highest BCUT2D eigenvalue weighted by atomic mass is 35.5. The molecule has 2 aliphatic rings. The number of nitrogens with one attached hydrogen (secondary N) is 2. The Labute approximate surface area is 141 Å². The van der Waals surface area contributed by atoms with Crippen LogP contribution in [0.25, 0.3) is 0 Å². The summed E-state index contributed by atoms with van der Waals surface area (Å²) in [5.74, 6) is 0.209. The zero-order valence-electron chi connectivity index (χ0n) is 13.5. The number of likely N-dealkylation sites (N-methyl/N-ethyl adjacent to an activating group) is 1. The van der Waals surface area contributed by atoms with E-state index in [-0.39, 0.29) is 41.8 Å². The molecule has 1 saturated carbocycles. The smallest absolute Gasteiger partial charge is 0.240 e.